The van der Waals surface area contributed by atoms with Crippen LogP contribution in [0.25, 0.3) is 0 Å². The number of ether oxygens (including phenoxy) is 1. The number of amides is 1. The van der Waals surface area contributed by atoms with E-state index in [1.807, 2.05) is 17.0 Å². The summed E-state index contributed by atoms with van der Waals surface area (Å²) in [5.41, 5.74) is 2.41. The number of rotatable bonds is 7. The maximum atomic E-state index is 12.5. The largest absolute Gasteiger partial charge is 0.480 e. The average molecular weight is 334 g/mol. The molecule has 0 saturated carbocycles. The van der Waals surface area contributed by atoms with Gasteiger partial charge in [-0.25, -0.2) is 0 Å². The van der Waals surface area contributed by atoms with E-state index in [0.717, 1.165) is 6.42 Å². The molecule has 0 aromatic heterocycles. The average Bonchev–Trinajstić information content (AvgIpc) is 2.53. The number of carboxylic acids is 1. The summed E-state index contributed by atoms with van der Waals surface area (Å²) in [6.07, 6.45) is 1.10. The van der Waals surface area contributed by atoms with Crippen LogP contribution >= 0.6 is 0 Å². The first-order valence-corrected chi connectivity index (χ1v) is 8.30. The van der Waals surface area contributed by atoms with Crippen LogP contribution in [-0.2, 0) is 20.7 Å². The number of likely N-dealkylation sites (N-methyl/N-ethyl adjacent to an activating group) is 1. The molecule has 6 heteroatoms. The Morgan fingerprint density at radius 1 is 1.38 bits per heavy atom. The molecule has 1 aliphatic rings. The van der Waals surface area contributed by atoms with E-state index in [1.54, 1.807) is 11.9 Å². The van der Waals surface area contributed by atoms with E-state index in [0.29, 0.717) is 32.7 Å². The van der Waals surface area contributed by atoms with Crippen molar-refractivity contribution in [2.45, 2.75) is 25.9 Å². The standard InChI is InChI=1S/C18H26N2O4/c1-14-5-3-4-6-15(14)7-8-17(21)20-9-10-24-16(12-20)11-19(2)13-18(22)23/h3-6,16H,7-13H2,1-2H3,(H,22,23). The fraction of sp³-hybridized carbons (Fsp3) is 0.556. The van der Waals surface area contributed by atoms with Crippen LogP contribution in [0.15, 0.2) is 24.3 Å². The first kappa shape index (κ1) is 18.4. The summed E-state index contributed by atoms with van der Waals surface area (Å²) in [5, 5.41) is 8.81. The minimum atomic E-state index is -0.862. The van der Waals surface area contributed by atoms with Crippen molar-refractivity contribution in [1.29, 1.82) is 0 Å². The molecule has 1 saturated heterocycles. The maximum Gasteiger partial charge on any atom is 0.317 e. The van der Waals surface area contributed by atoms with Crippen molar-refractivity contribution in [3.8, 4) is 0 Å². The normalized spacial score (nSPS) is 18.0. The monoisotopic (exact) mass is 334 g/mol. The molecule has 1 fully saturated rings. The van der Waals surface area contributed by atoms with Crippen molar-refractivity contribution >= 4 is 11.9 Å². The Bertz CT molecular complexity index is 576. The van der Waals surface area contributed by atoms with Gasteiger partial charge in [0.05, 0.1) is 19.3 Å². The van der Waals surface area contributed by atoms with Gasteiger partial charge in [0.1, 0.15) is 0 Å². The Labute approximate surface area is 143 Å². The molecule has 6 nitrogen and oxygen atoms in total. The lowest BCUT2D eigenvalue weighted by atomic mass is 10.0. The molecule has 1 aliphatic heterocycles. The van der Waals surface area contributed by atoms with Gasteiger partial charge in [-0.3, -0.25) is 14.5 Å². The van der Waals surface area contributed by atoms with Crippen molar-refractivity contribution in [3.05, 3.63) is 35.4 Å². The van der Waals surface area contributed by atoms with Gasteiger partial charge in [-0.15, -0.1) is 0 Å². The molecule has 1 aromatic rings. The highest BCUT2D eigenvalue weighted by atomic mass is 16.5. The first-order chi connectivity index (χ1) is 11.5. The van der Waals surface area contributed by atoms with Gasteiger partial charge < -0.3 is 14.7 Å². The summed E-state index contributed by atoms with van der Waals surface area (Å²) in [7, 11) is 1.75. The lowest BCUT2D eigenvalue weighted by molar-refractivity contribution is -0.142. The molecule has 0 bridgehead atoms. The molecule has 1 unspecified atom stereocenters. The summed E-state index contributed by atoms with van der Waals surface area (Å²) in [4.78, 5) is 26.7. The Kier molecular flexibility index (Phi) is 6.75. The number of aryl methyl sites for hydroxylation is 2. The van der Waals surface area contributed by atoms with E-state index in [4.69, 9.17) is 9.84 Å². The highest BCUT2D eigenvalue weighted by Gasteiger charge is 2.25. The Morgan fingerprint density at radius 3 is 2.83 bits per heavy atom. The number of hydrogen-bond acceptors (Lipinski definition) is 4. The minimum Gasteiger partial charge on any atom is -0.480 e. The molecule has 1 heterocycles. The quantitative estimate of drug-likeness (QED) is 0.811. The van der Waals surface area contributed by atoms with Crippen molar-refractivity contribution < 1.29 is 19.4 Å². The fourth-order valence-corrected chi connectivity index (χ4v) is 2.99. The van der Waals surface area contributed by atoms with Crippen LogP contribution in [0, 0.1) is 6.92 Å². The van der Waals surface area contributed by atoms with E-state index in [-0.39, 0.29) is 18.6 Å². The summed E-state index contributed by atoms with van der Waals surface area (Å²) in [6.45, 7) is 4.17. The third-order valence-electron chi connectivity index (χ3n) is 4.28. The molecule has 24 heavy (non-hydrogen) atoms. The number of morpholine rings is 1. The highest BCUT2D eigenvalue weighted by Crippen LogP contribution is 2.13. The lowest BCUT2D eigenvalue weighted by Crippen LogP contribution is -2.49. The lowest BCUT2D eigenvalue weighted by Gasteiger charge is -2.34. The zero-order valence-corrected chi connectivity index (χ0v) is 14.4. The van der Waals surface area contributed by atoms with Gasteiger partial charge >= 0.3 is 5.97 Å². The van der Waals surface area contributed by atoms with Gasteiger partial charge in [-0.2, -0.15) is 0 Å². The second-order valence-corrected chi connectivity index (χ2v) is 6.35. The smallest absolute Gasteiger partial charge is 0.317 e. The van der Waals surface area contributed by atoms with Crippen molar-refractivity contribution in [3.63, 3.8) is 0 Å². The van der Waals surface area contributed by atoms with Gasteiger partial charge in [0, 0.05) is 26.1 Å². The Balaban J connectivity index is 1.81. The number of carbonyl (C=O) groups excluding carboxylic acids is 1. The van der Waals surface area contributed by atoms with Crippen molar-refractivity contribution in [1.82, 2.24) is 9.80 Å². The van der Waals surface area contributed by atoms with E-state index >= 15 is 0 Å². The third kappa shape index (κ3) is 5.62. The van der Waals surface area contributed by atoms with Crippen LogP contribution in [0.4, 0.5) is 0 Å². The van der Waals surface area contributed by atoms with Crippen LogP contribution in [0.3, 0.4) is 0 Å². The maximum absolute atomic E-state index is 12.5. The Hall–Kier alpha value is -1.92. The second kappa shape index (κ2) is 8.80. The number of carbonyl (C=O) groups is 2. The van der Waals surface area contributed by atoms with Gasteiger partial charge in [-0.05, 0) is 31.5 Å². The topological polar surface area (TPSA) is 70.1 Å². The highest BCUT2D eigenvalue weighted by molar-refractivity contribution is 5.76. The molecule has 1 aromatic carbocycles. The van der Waals surface area contributed by atoms with E-state index < -0.39 is 5.97 Å². The Morgan fingerprint density at radius 2 is 2.12 bits per heavy atom. The molecule has 0 aliphatic carbocycles. The van der Waals surface area contributed by atoms with Crippen LogP contribution in [0.2, 0.25) is 0 Å². The fourth-order valence-electron chi connectivity index (χ4n) is 2.99. The second-order valence-electron chi connectivity index (χ2n) is 6.35. The zero-order chi connectivity index (χ0) is 17.5. The molecule has 0 spiro atoms. The number of benzene rings is 1. The number of carboxylic acid groups (broad SMARTS) is 1. The summed E-state index contributed by atoms with van der Waals surface area (Å²) < 4.78 is 5.66. The molecule has 1 amide bonds. The molecule has 1 atom stereocenters. The molecule has 132 valence electrons. The molecular weight excluding hydrogens is 308 g/mol. The number of hydrogen-bond donors (Lipinski definition) is 1. The first-order valence-electron chi connectivity index (χ1n) is 8.30. The zero-order valence-electron chi connectivity index (χ0n) is 14.4. The molecule has 0 radical (unpaired) electrons. The molecule has 2 rings (SSSR count). The summed E-state index contributed by atoms with van der Waals surface area (Å²) in [6, 6.07) is 8.12. The van der Waals surface area contributed by atoms with Crippen LogP contribution in [-0.4, -0.2) is 72.7 Å². The van der Waals surface area contributed by atoms with E-state index in [1.165, 1.54) is 11.1 Å². The molecular formula is C18H26N2O4. The number of nitrogens with zero attached hydrogens (tertiary/aromatic N) is 2. The van der Waals surface area contributed by atoms with Crippen molar-refractivity contribution in [2.24, 2.45) is 0 Å². The van der Waals surface area contributed by atoms with E-state index in [2.05, 4.69) is 19.1 Å². The van der Waals surface area contributed by atoms with Gasteiger partial charge in [0.25, 0.3) is 0 Å². The third-order valence-corrected chi connectivity index (χ3v) is 4.28. The summed E-state index contributed by atoms with van der Waals surface area (Å²) >= 11 is 0. The van der Waals surface area contributed by atoms with Crippen LogP contribution in [0.5, 0.6) is 0 Å². The van der Waals surface area contributed by atoms with E-state index in [9.17, 15) is 9.59 Å². The molecule has 1 N–H and O–H groups in total. The SMILES string of the molecule is Cc1ccccc1CCC(=O)N1CCOC(CN(C)CC(=O)O)C1. The van der Waals surface area contributed by atoms with Crippen molar-refractivity contribution in [2.75, 3.05) is 39.8 Å². The van der Waals surface area contributed by atoms with Gasteiger partial charge in [0.2, 0.25) is 5.91 Å². The van der Waals surface area contributed by atoms with Crippen LogP contribution < -0.4 is 0 Å². The summed E-state index contributed by atoms with van der Waals surface area (Å²) in [5.74, 6) is -0.730. The van der Waals surface area contributed by atoms with Gasteiger partial charge in [-0.1, -0.05) is 24.3 Å². The minimum absolute atomic E-state index is 0.0267. The van der Waals surface area contributed by atoms with Crippen LogP contribution in [0.1, 0.15) is 17.5 Å². The predicted molar refractivity (Wildman–Crippen MR) is 91.0 cm³/mol. The number of aliphatic carboxylic acids is 1. The predicted octanol–water partition coefficient (Wildman–Crippen LogP) is 1.17. The van der Waals surface area contributed by atoms with Gasteiger partial charge in [0.15, 0.2) is 0 Å².